The summed E-state index contributed by atoms with van der Waals surface area (Å²) in [4.78, 5) is 16.9. The van der Waals surface area contributed by atoms with Gasteiger partial charge >= 0.3 is 6.03 Å². The molecule has 0 unspecified atom stereocenters. The second-order valence-electron chi connectivity index (χ2n) is 6.91. The van der Waals surface area contributed by atoms with E-state index in [0.717, 1.165) is 16.9 Å². The van der Waals surface area contributed by atoms with Gasteiger partial charge in [0.2, 0.25) is 11.8 Å². The molecule has 31 heavy (non-hydrogen) atoms. The third kappa shape index (κ3) is 4.13. The van der Waals surface area contributed by atoms with Gasteiger partial charge in [0.15, 0.2) is 0 Å². The van der Waals surface area contributed by atoms with Crippen molar-refractivity contribution in [3.63, 3.8) is 0 Å². The van der Waals surface area contributed by atoms with Gasteiger partial charge in [-0.2, -0.15) is 5.10 Å². The van der Waals surface area contributed by atoms with Crippen LogP contribution in [0.1, 0.15) is 11.6 Å². The number of rotatable bonds is 5. The van der Waals surface area contributed by atoms with E-state index in [4.69, 9.17) is 4.42 Å². The number of aromatic nitrogens is 6. The van der Waals surface area contributed by atoms with Crippen LogP contribution in [0.5, 0.6) is 0 Å². The molecule has 0 saturated carbocycles. The number of hydrogen-bond donors (Lipinski definition) is 2. The van der Waals surface area contributed by atoms with E-state index in [1.54, 1.807) is 48.3 Å². The second-order valence-corrected chi connectivity index (χ2v) is 6.91. The van der Waals surface area contributed by atoms with E-state index in [1.807, 2.05) is 35.0 Å². The number of pyridine rings is 1. The van der Waals surface area contributed by atoms with Crippen LogP contribution < -0.4 is 10.6 Å². The molecule has 2 N–H and O–H groups in total. The Hall–Kier alpha value is -4.47. The second kappa shape index (κ2) is 7.75. The number of urea groups is 1. The first-order valence-corrected chi connectivity index (χ1v) is 9.56. The standard InChI is InChI=1S/C21H18N8O2/c1-14-26-27-20(31-14)15-5-7-16(8-6-15)24-21(30)25-17-10-22-29(12-17)13-18-11-28-9-3-2-4-19(28)23-18/h2-12H,13H2,1H3,(H2,24,25,30). The van der Waals surface area contributed by atoms with Crippen molar-refractivity contribution in [3.8, 4) is 11.5 Å². The molecule has 5 rings (SSSR count). The van der Waals surface area contributed by atoms with Crippen molar-refractivity contribution in [3.05, 3.63) is 78.8 Å². The van der Waals surface area contributed by atoms with E-state index in [0.29, 0.717) is 29.7 Å². The third-order valence-corrected chi connectivity index (χ3v) is 4.54. The van der Waals surface area contributed by atoms with E-state index in [9.17, 15) is 4.79 Å². The van der Waals surface area contributed by atoms with Crippen LogP contribution in [0.4, 0.5) is 16.2 Å². The first-order chi connectivity index (χ1) is 15.1. The maximum atomic E-state index is 12.3. The number of benzene rings is 1. The van der Waals surface area contributed by atoms with Gasteiger partial charge in [0.1, 0.15) is 5.65 Å². The fraction of sp³-hybridized carbons (Fsp3) is 0.0952. The Morgan fingerprint density at radius 2 is 1.87 bits per heavy atom. The van der Waals surface area contributed by atoms with Crippen LogP contribution in [0.3, 0.4) is 0 Å². The fourth-order valence-corrected chi connectivity index (χ4v) is 3.15. The predicted octanol–water partition coefficient (Wildman–Crippen LogP) is 3.58. The normalized spacial score (nSPS) is 11.0. The number of carbonyl (C=O) groups is 1. The van der Waals surface area contributed by atoms with Gasteiger partial charge < -0.3 is 19.5 Å². The van der Waals surface area contributed by atoms with Crippen LogP contribution in [0.25, 0.3) is 17.1 Å². The minimum atomic E-state index is -0.367. The van der Waals surface area contributed by atoms with E-state index >= 15 is 0 Å². The van der Waals surface area contributed by atoms with Crippen molar-refractivity contribution in [1.82, 2.24) is 29.4 Å². The van der Waals surface area contributed by atoms with Gasteiger partial charge in [-0.05, 0) is 36.4 Å². The molecule has 0 fully saturated rings. The molecule has 10 heteroatoms. The average Bonchev–Trinajstić information content (AvgIpc) is 3.48. The average molecular weight is 414 g/mol. The summed E-state index contributed by atoms with van der Waals surface area (Å²) in [6, 6.07) is 12.6. The minimum Gasteiger partial charge on any atom is -0.421 e. The number of nitrogens with zero attached hydrogens (tertiary/aromatic N) is 6. The molecule has 10 nitrogen and oxygen atoms in total. The SMILES string of the molecule is Cc1nnc(-c2ccc(NC(=O)Nc3cnn(Cc4cn5ccccc5n4)c3)cc2)o1. The molecule has 5 aromatic rings. The van der Waals surface area contributed by atoms with Gasteiger partial charge in [0.05, 0.1) is 24.1 Å². The summed E-state index contributed by atoms with van der Waals surface area (Å²) in [6.07, 6.45) is 7.25. The van der Waals surface area contributed by atoms with Crippen LogP contribution in [0.2, 0.25) is 0 Å². The smallest absolute Gasteiger partial charge is 0.323 e. The molecule has 4 heterocycles. The largest absolute Gasteiger partial charge is 0.421 e. The summed E-state index contributed by atoms with van der Waals surface area (Å²) in [7, 11) is 0. The zero-order chi connectivity index (χ0) is 21.2. The van der Waals surface area contributed by atoms with Crippen LogP contribution in [0, 0.1) is 6.92 Å². The van der Waals surface area contributed by atoms with Crippen molar-refractivity contribution in [2.75, 3.05) is 10.6 Å². The molecule has 0 saturated heterocycles. The molecular formula is C21H18N8O2. The Kier molecular flexibility index (Phi) is 4.64. The monoisotopic (exact) mass is 414 g/mol. The number of hydrogen-bond acceptors (Lipinski definition) is 6. The van der Waals surface area contributed by atoms with Gasteiger partial charge in [0, 0.05) is 36.8 Å². The number of nitrogens with one attached hydrogen (secondary N) is 2. The molecule has 0 aliphatic carbocycles. The highest BCUT2D eigenvalue weighted by Crippen LogP contribution is 2.20. The van der Waals surface area contributed by atoms with Crippen molar-refractivity contribution < 1.29 is 9.21 Å². The van der Waals surface area contributed by atoms with Gasteiger partial charge in [0.25, 0.3) is 0 Å². The minimum absolute atomic E-state index is 0.367. The topological polar surface area (TPSA) is 115 Å². The maximum Gasteiger partial charge on any atom is 0.323 e. The van der Waals surface area contributed by atoms with Crippen LogP contribution in [-0.4, -0.2) is 35.4 Å². The number of imidazole rings is 1. The zero-order valence-corrected chi connectivity index (χ0v) is 16.6. The van der Waals surface area contributed by atoms with E-state index < -0.39 is 0 Å². The number of amides is 2. The summed E-state index contributed by atoms with van der Waals surface area (Å²) in [6.45, 7) is 2.23. The fourth-order valence-electron chi connectivity index (χ4n) is 3.15. The van der Waals surface area contributed by atoms with Crippen LogP contribution >= 0.6 is 0 Å². The van der Waals surface area contributed by atoms with Crippen molar-refractivity contribution in [2.24, 2.45) is 0 Å². The van der Waals surface area contributed by atoms with Crippen molar-refractivity contribution >= 4 is 23.1 Å². The predicted molar refractivity (Wildman–Crippen MR) is 114 cm³/mol. The number of aryl methyl sites for hydroxylation is 1. The molecule has 0 aliphatic heterocycles. The molecule has 0 spiro atoms. The lowest BCUT2D eigenvalue weighted by molar-refractivity contribution is 0.262. The van der Waals surface area contributed by atoms with Gasteiger partial charge in [-0.3, -0.25) is 4.68 Å². The Bertz CT molecular complexity index is 1320. The highest BCUT2D eigenvalue weighted by Gasteiger charge is 2.09. The van der Waals surface area contributed by atoms with E-state index in [2.05, 4.69) is 30.9 Å². The van der Waals surface area contributed by atoms with Crippen LogP contribution in [0.15, 0.2) is 71.7 Å². The highest BCUT2D eigenvalue weighted by molar-refractivity contribution is 5.99. The van der Waals surface area contributed by atoms with Crippen molar-refractivity contribution in [2.45, 2.75) is 13.5 Å². The van der Waals surface area contributed by atoms with Gasteiger partial charge in [-0.25, -0.2) is 9.78 Å². The maximum absolute atomic E-state index is 12.3. The first-order valence-electron chi connectivity index (χ1n) is 9.56. The summed E-state index contributed by atoms with van der Waals surface area (Å²) < 4.78 is 9.07. The van der Waals surface area contributed by atoms with Gasteiger partial charge in [-0.15, -0.1) is 10.2 Å². The molecule has 0 radical (unpaired) electrons. The quantitative estimate of drug-likeness (QED) is 0.454. The molecule has 154 valence electrons. The Balaban J connectivity index is 1.19. The lowest BCUT2D eigenvalue weighted by Gasteiger charge is -2.06. The molecule has 4 aromatic heterocycles. The molecule has 1 aromatic carbocycles. The lowest BCUT2D eigenvalue weighted by Crippen LogP contribution is -2.19. The summed E-state index contributed by atoms with van der Waals surface area (Å²) in [5.74, 6) is 0.935. The number of fused-ring (bicyclic) bond motifs is 1. The number of carbonyl (C=O) groups excluding carboxylic acids is 1. The lowest BCUT2D eigenvalue weighted by atomic mass is 10.2. The summed E-state index contributed by atoms with van der Waals surface area (Å²) in [5, 5.41) is 17.6. The molecule has 2 amide bonds. The Morgan fingerprint density at radius 1 is 1.03 bits per heavy atom. The highest BCUT2D eigenvalue weighted by atomic mass is 16.4. The van der Waals surface area contributed by atoms with Gasteiger partial charge in [-0.1, -0.05) is 6.07 Å². The van der Waals surface area contributed by atoms with Crippen LogP contribution in [-0.2, 0) is 6.54 Å². The molecule has 0 atom stereocenters. The molecule has 0 bridgehead atoms. The summed E-state index contributed by atoms with van der Waals surface area (Å²) >= 11 is 0. The van der Waals surface area contributed by atoms with Crippen molar-refractivity contribution in [1.29, 1.82) is 0 Å². The van der Waals surface area contributed by atoms with E-state index in [1.165, 1.54) is 0 Å². The Morgan fingerprint density at radius 3 is 2.65 bits per heavy atom. The summed E-state index contributed by atoms with van der Waals surface area (Å²) in [5.41, 5.74) is 3.75. The zero-order valence-electron chi connectivity index (χ0n) is 16.6. The van der Waals surface area contributed by atoms with E-state index in [-0.39, 0.29) is 6.03 Å². The Labute approximate surface area is 176 Å². The first kappa shape index (κ1) is 18.6. The molecular weight excluding hydrogens is 396 g/mol. The molecule has 0 aliphatic rings. The number of anilines is 2. The third-order valence-electron chi connectivity index (χ3n) is 4.54.